The maximum absolute atomic E-state index is 13.0. The number of rotatable bonds is 7. The summed E-state index contributed by atoms with van der Waals surface area (Å²) in [7, 11) is -2.32. The predicted octanol–water partition coefficient (Wildman–Crippen LogP) is 4.48. The van der Waals surface area contributed by atoms with Crippen LogP contribution in [0.3, 0.4) is 0 Å². The third kappa shape index (κ3) is 4.57. The van der Waals surface area contributed by atoms with E-state index in [-0.39, 0.29) is 9.80 Å². The van der Waals surface area contributed by atoms with Gasteiger partial charge in [0, 0.05) is 0 Å². The average Bonchev–Trinajstić information content (AvgIpc) is 2.65. The molecule has 0 unspecified atom stereocenters. The van der Waals surface area contributed by atoms with Crippen LogP contribution in [0.5, 0.6) is 0 Å². The number of hydrogen-bond acceptors (Lipinski definition) is 4. The Labute approximate surface area is 149 Å². The molecule has 2 rings (SSSR count). The molecule has 0 radical (unpaired) electrons. The first kappa shape index (κ1) is 18.9. The Morgan fingerprint density at radius 1 is 1.00 bits per heavy atom. The van der Waals surface area contributed by atoms with Crippen LogP contribution in [0, 0.1) is 0 Å². The van der Waals surface area contributed by atoms with Gasteiger partial charge in [0.15, 0.2) is 0 Å². The summed E-state index contributed by atoms with van der Waals surface area (Å²) < 4.78 is 30.8. The number of unbranched alkanes of at least 4 members (excludes halogenated alkanes) is 2. The molecule has 5 heteroatoms. The van der Waals surface area contributed by atoms with Gasteiger partial charge in [0.2, 0.25) is 9.84 Å². The van der Waals surface area contributed by atoms with Gasteiger partial charge in [-0.3, -0.25) is 0 Å². The normalized spacial score (nSPS) is 12.0. The molecule has 0 spiro atoms. The highest BCUT2D eigenvalue weighted by molar-refractivity contribution is 8.00. The second kappa shape index (κ2) is 8.62. The molecular formula is C20H22O4S. The number of carbonyl (C=O) groups excluding carboxylic acids is 1. The van der Waals surface area contributed by atoms with Crippen LogP contribution in [0.2, 0.25) is 0 Å². The minimum Gasteiger partial charge on any atom is -0.465 e. The zero-order valence-electron chi connectivity index (χ0n) is 14.4. The summed E-state index contributed by atoms with van der Waals surface area (Å²) in [6.07, 6.45) is 4.33. The molecule has 132 valence electrons. The highest BCUT2D eigenvalue weighted by Gasteiger charge is 2.22. The summed E-state index contributed by atoms with van der Waals surface area (Å²) in [4.78, 5) is 12.1. The predicted molar refractivity (Wildman–Crippen MR) is 98.9 cm³/mol. The molecule has 2 aromatic rings. The summed E-state index contributed by atoms with van der Waals surface area (Å²) in [5.74, 6) is -0.450. The summed E-state index contributed by atoms with van der Waals surface area (Å²) in [6, 6.07) is 14.8. The topological polar surface area (TPSA) is 60.4 Å². The number of allylic oxidation sites excluding steroid dienone is 1. The van der Waals surface area contributed by atoms with Crippen molar-refractivity contribution in [1.82, 2.24) is 0 Å². The van der Waals surface area contributed by atoms with E-state index in [9.17, 15) is 13.2 Å². The van der Waals surface area contributed by atoms with Crippen LogP contribution in [0.25, 0.3) is 4.91 Å². The molecule has 2 aromatic carbocycles. The first-order chi connectivity index (χ1) is 12.0. The van der Waals surface area contributed by atoms with E-state index in [4.69, 9.17) is 0 Å². The second-order valence-electron chi connectivity index (χ2n) is 5.60. The first-order valence-electron chi connectivity index (χ1n) is 8.19. The standard InChI is InChI=1S/C20H22O4S/c1-3-4-6-11-19(25(22,23)18-9-7-5-8-10-18)16-12-14-17(15-13-16)20(21)24-2/h5,7-15H,3-4,6H2,1-2H3/b19-11-. The quantitative estimate of drug-likeness (QED) is 0.541. The van der Waals surface area contributed by atoms with Gasteiger partial charge in [0.05, 0.1) is 22.5 Å². The number of benzene rings is 2. The van der Waals surface area contributed by atoms with Gasteiger partial charge in [-0.1, -0.05) is 56.2 Å². The smallest absolute Gasteiger partial charge is 0.337 e. The van der Waals surface area contributed by atoms with Crippen LogP contribution in [-0.4, -0.2) is 21.5 Å². The van der Waals surface area contributed by atoms with Gasteiger partial charge in [-0.05, 0) is 36.2 Å². The lowest BCUT2D eigenvalue weighted by Gasteiger charge is -2.11. The van der Waals surface area contributed by atoms with Gasteiger partial charge in [-0.25, -0.2) is 13.2 Å². The molecule has 0 saturated heterocycles. The largest absolute Gasteiger partial charge is 0.465 e. The van der Waals surface area contributed by atoms with Crippen molar-refractivity contribution in [2.24, 2.45) is 0 Å². The molecule has 0 amide bonds. The monoisotopic (exact) mass is 358 g/mol. The van der Waals surface area contributed by atoms with Crippen molar-refractivity contribution in [1.29, 1.82) is 0 Å². The molecule has 0 aromatic heterocycles. The maximum atomic E-state index is 13.0. The van der Waals surface area contributed by atoms with Gasteiger partial charge in [-0.2, -0.15) is 0 Å². The molecule has 0 aliphatic carbocycles. The number of hydrogen-bond donors (Lipinski definition) is 0. The van der Waals surface area contributed by atoms with Gasteiger partial charge in [0.25, 0.3) is 0 Å². The fourth-order valence-corrected chi connectivity index (χ4v) is 3.99. The van der Waals surface area contributed by atoms with E-state index in [1.54, 1.807) is 60.7 Å². The van der Waals surface area contributed by atoms with E-state index >= 15 is 0 Å². The van der Waals surface area contributed by atoms with Crippen LogP contribution >= 0.6 is 0 Å². The van der Waals surface area contributed by atoms with Crippen LogP contribution in [0.15, 0.2) is 65.6 Å². The lowest BCUT2D eigenvalue weighted by Crippen LogP contribution is -2.06. The second-order valence-corrected chi connectivity index (χ2v) is 7.51. The summed E-state index contributed by atoms with van der Waals surface area (Å²) in [6.45, 7) is 2.06. The fraction of sp³-hybridized carbons (Fsp3) is 0.250. The van der Waals surface area contributed by atoms with Crippen molar-refractivity contribution in [2.45, 2.75) is 31.1 Å². The lowest BCUT2D eigenvalue weighted by atomic mass is 10.1. The van der Waals surface area contributed by atoms with E-state index < -0.39 is 15.8 Å². The Hall–Kier alpha value is -2.40. The number of esters is 1. The van der Waals surface area contributed by atoms with Gasteiger partial charge in [-0.15, -0.1) is 0 Å². The third-order valence-corrected chi connectivity index (χ3v) is 5.70. The van der Waals surface area contributed by atoms with Gasteiger partial charge in [0.1, 0.15) is 0 Å². The molecule has 25 heavy (non-hydrogen) atoms. The highest BCUT2D eigenvalue weighted by Crippen LogP contribution is 2.29. The SMILES string of the molecule is CCCC/C=C(/c1ccc(C(=O)OC)cc1)S(=O)(=O)c1ccccc1. The zero-order chi connectivity index (χ0) is 18.3. The Morgan fingerprint density at radius 3 is 2.16 bits per heavy atom. The molecule has 4 nitrogen and oxygen atoms in total. The number of ether oxygens (including phenoxy) is 1. The molecule has 0 aliphatic heterocycles. The van der Waals surface area contributed by atoms with Crippen LogP contribution in [0.1, 0.15) is 42.1 Å². The maximum Gasteiger partial charge on any atom is 0.337 e. The van der Waals surface area contributed by atoms with Crippen molar-refractivity contribution in [3.63, 3.8) is 0 Å². The third-order valence-electron chi connectivity index (χ3n) is 3.82. The average molecular weight is 358 g/mol. The van der Waals surface area contributed by atoms with E-state index in [2.05, 4.69) is 11.7 Å². The molecular weight excluding hydrogens is 336 g/mol. The molecule has 0 N–H and O–H groups in total. The van der Waals surface area contributed by atoms with Crippen molar-refractivity contribution >= 4 is 20.7 Å². The van der Waals surface area contributed by atoms with E-state index in [0.717, 1.165) is 12.8 Å². The Morgan fingerprint density at radius 2 is 1.60 bits per heavy atom. The molecule has 0 fully saturated rings. The van der Waals surface area contributed by atoms with Crippen LogP contribution in [0.4, 0.5) is 0 Å². The summed E-state index contributed by atoms with van der Waals surface area (Å²) in [5.41, 5.74) is 0.948. The van der Waals surface area contributed by atoms with Crippen molar-refractivity contribution in [3.8, 4) is 0 Å². The summed E-state index contributed by atoms with van der Waals surface area (Å²) >= 11 is 0. The Kier molecular flexibility index (Phi) is 6.53. The Bertz CT molecular complexity index is 835. The van der Waals surface area contributed by atoms with Crippen LogP contribution in [-0.2, 0) is 14.6 Å². The van der Waals surface area contributed by atoms with E-state index in [1.165, 1.54) is 7.11 Å². The first-order valence-corrected chi connectivity index (χ1v) is 9.68. The van der Waals surface area contributed by atoms with E-state index in [0.29, 0.717) is 17.5 Å². The summed E-state index contributed by atoms with van der Waals surface area (Å²) in [5, 5.41) is 0. The molecule has 0 bridgehead atoms. The molecule has 0 atom stereocenters. The number of sulfone groups is 1. The molecule has 0 heterocycles. The van der Waals surface area contributed by atoms with Gasteiger partial charge < -0.3 is 4.74 Å². The minimum atomic E-state index is -3.63. The van der Waals surface area contributed by atoms with Gasteiger partial charge >= 0.3 is 5.97 Å². The Balaban J connectivity index is 2.47. The number of methoxy groups -OCH3 is 1. The molecule has 0 aliphatic rings. The molecule has 0 saturated carbocycles. The minimum absolute atomic E-state index is 0.259. The fourth-order valence-electron chi connectivity index (χ4n) is 2.44. The zero-order valence-corrected chi connectivity index (χ0v) is 15.3. The van der Waals surface area contributed by atoms with Crippen molar-refractivity contribution < 1.29 is 17.9 Å². The van der Waals surface area contributed by atoms with Crippen molar-refractivity contribution in [3.05, 3.63) is 71.8 Å². The lowest BCUT2D eigenvalue weighted by molar-refractivity contribution is 0.0600. The van der Waals surface area contributed by atoms with Crippen LogP contribution < -0.4 is 0 Å². The highest BCUT2D eigenvalue weighted by atomic mass is 32.2. The van der Waals surface area contributed by atoms with Crippen molar-refractivity contribution in [2.75, 3.05) is 7.11 Å². The van der Waals surface area contributed by atoms with E-state index in [1.807, 2.05) is 0 Å². The number of carbonyl (C=O) groups is 1.